The van der Waals surface area contributed by atoms with E-state index >= 15 is 0 Å². The molecule has 4 nitrogen and oxygen atoms in total. The van der Waals surface area contributed by atoms with Crippen LogP contribution in [0.5, 0.6) is 0 Å². The van der Waals surface area contributed by atoms with E-state index in [2.05, 4.69) is 5.32 Å². The topological polar surface area (TPSA) is 66.4 Å². The second-order valence-electron chi connectivity index (χ2n) is 6.60. The maximum atomic E-state index is 12.5. The van der Waals surface area contributed by atoms with Gasteiger partial charge in [-0.3, -0.25) is 9.59 Å². The Labute approximate surface area is 140 Å². The summed E-state index contributed by atoms with van der Waals surface area (Å²) in [6.45, 7) is 0.477. The number of aliphatic hydroxyl groups excluding tert-OH is 1. The van der Waals surface area contributed by atoms with Crippen molar-refractivity contribution in [1.29, 1.82) is 0 Å². The summed E-state index contributed by atoms with van der Waals surface area (Å²) in [6.07, 6.45) is 2.44. The van der Waals surface area contributed by atoms with Crippen LogP contribution in [-0.4, -0.2) is 29.4 Å². The van der Waals surface area contributed by atoms with Crippen molar-refractivity contribution < 1.29 is 14.7 Å². The summed E-state index contributed by atoms with van der Waals surface area (Å²) in [7, 11) is 0. The van der Waals surface area contributed by atoms with Gasteiger partial charge in [0.1, 0.15) is 0 Å². The van der Waals surface area contributed by atoms with Gasteiger partial charge in [0.15, 0.2) is 5.78 Å². The van der Waals surface area contributed by atoms with Gasteiger partial charge in [-0.05, 0) is 36.1 Å². The highest BCUT2D eigenvalue weighted by Crippen LogP contribution is 2.36. The summed E-state index contributed by atoms with van der Waals surface area (Å²) < 4.78 is 0. The summed E-state index contributed by atoms with van der Waals surface area (Å²) in [5.41, 5.74) is 3.59. The number of nitrogens with one attached hydrogen (secondary N) is 1. The third kappa shape index (κ3) is 2.43. The van der Waals surface area contributed by atoms with E-state index in [4.69, 9.17) is 0 Å². The normalized spacial score (nSPS) is 21.5. The van der Waals surface area contributed by atoms with Crippen molar-refractivity contribution in [2.24, 2.45) is 5.92 Å². The molecule has 2 atom stereocenters. The quantitative estimate of drug-likeness (QED) is 0.779. The number of carbonyl (C=O) groups excluding carboxylic acids is 2. The standard InChI is InChI=1S/C20H19NO3/c22-18-7-3-4-13(18)11-21-20(24)12-8-9-15-14-5-1-2-6-16(14)19(23)17(15)10-12/h1-2,5-6,8-10,13,18,22H,3-4,7,11H2,(H,21,24). The fourth-order valence-corrected chi connectivity index (χ4v) is 3.75. The molecule has 0 saturated heterocycles. The molecule has 24 heavy (non-hydrogen) atoms. The Kier molecular flexibility index (Phi) is 3.69. The van der Waals surface area contributed by atoms with Gasteiger partial charge in [-0.15, -0.1) is 0 Å². The summed E-state index contributed by atoms with van der Waals surface area (Å²) in [5.74, 6) is -0.0867. The Balaban J connectivity index is 1.54. The largest absolute Gasteiger partial charge is 0.393 e. The first-order valence-corrected chi connectivity index (χ1v) is 8.39. The second kappa shape index (κ2) is 5.87. The van der Waals surface area contributed by atoms with Crippen LogP contribution in [0.15, 0.2) is 42.5 Å². The molecule has 1 fully saturated rings. The van der Waals surface area contributed by atoms with E-state index < -0.39 is 0 Å². The fraction of sp³-hybridized carbons (Fsp3) is 0.300. The molecule has 0 radical (unpaired) electrons. The highest BCUT2D eigenvalue weighted by molar-refractivity contribution is 6.22. The minimum atomic E-state index is -0.318. The maximum Gasteiger partial charge on any atom is 0.251 e. The molecule has 2 aliphatic rings. The van der Waals surface area contributed by atoms with E-state index in [-0.39, 0.29) is 23.7 Å². The zero-order valence-electron chi connectivity index (χ0n) is 13.3. The molecular weight excluding hydrogens is 302 g/mol. The van der Waals surface area contributed by atoms with Crippen molar-refractivity contribution in [3.8, 4) is 11.1 Å². The number of ketones is 1. The fourth-order valence-electron chi connectivity index (χ4n) is 3.75. The molecule has 2 aromatic carbocycles. The number of hydrogen-bond acceptors (Lipinski definition) is 3. The summed E-state index contributed by atoms with van der Waals surface area (Å²) >= 11 is 0. The van der Waals surface area contributed by atoms with E-state index in [0.717, 1.165) is 30.4 Å². The van der Waals surface area contributed by atoms with Crippen molar-refractivity contribution in [2.45, 2.75) is 25.4 Å². The average Bonchev–Trinajstić information content (AvgIpc) is 3.15. The number of benzene rings is 2. The number of carbonyl (C=O) groups is 2. The highest BCUT2D eigenvalue weighted by Gasteiger charge is 2.28. The van der Waals surface area contributed by atoms with E-state index in [1.807, 2.05) is 30.3 Å². The Hall–Kier alpha value is -2.46. The van der Waals surface area contributed by atoms with E-state index in [9.17, 15) is 14.7 Å². The van der Waals surface area contributed by atoms with E-state index in [1.54, 1.807) is 12.1 Å². The predicted molar refractivity (Wildman–Crippen MR) is 91.0 cm³/mol. The second-order valence-corrected chi connectivity index (χ2v) is 6.60. The van der Waals surface area contributed by atoms with E-state index in [0.29, 0.717) is 23.2 Å². The smallest absolute Gasteiger partial charge is 0.251 e. The van der Waals surface area contributed by atoms with Gasteiger partial charge in [0, 0.05) is 29.2 Å². The molecule has 1 saturated carbocycles. The molecule has 0 aliphatic heterocycles. The summed E-state index contributed by atoms with van der Waals surface area (Å²) in [4.78, 5) is 24.9. The Morgan fingerprint density at radius 3 is 2.54 bits per heavy atom. The van der Waals surface area contributed by atoms with Gasteiger partial charge in [0.25, 0.3) is 5.91 Å². The first-order chi connectivity index (χ1) is 11.6. The zero-order chi connectivity index (χ0) is 16.7. The van der Waals surface area contributed by atoms with Crippen LogP contribution in [0, 0.1) is 5.92 Å². The molecule has 2 aliphatic carbocycles. The number of amides is 1. The minimum Gasteiger partial charge on any atom is -0.393 e. The summed E-state index contributed by atoms with van der Waals surface area (Å²) in [6, 6.07) is 12.8. The number of rotatable bonds is 3. The Bertz CT molecular complexity index is 827. The third-order valence-electron chi connectivity index (χ3n) is 5.13. The van der Waals surface area contributed by atoms with Crippen LogP contribution in [0.3, 0.4) is 0 Å². The molecule has 0 heterocycles. The lowest BCUT2D eigenvalue weighted by Crippen LogP contribution is -2.32. The lowest BCUT2D eigenvalue weighted by atomic mass is 10.0. The Morgan fingerprint density at radius 2 is 1.79 bits per heavy atom. The molecular formula is C20H19NO3. The molecule has 0 spiro atoms. The highest BCUT2D eigenvalue weighted by atomic mass is 16.3. The first kappa shape index (κ1) is 15.1. The SMILES string of the molecule is O=C(NCC1CCCC1O)c1ccc2c(c1)C(=O)c1ccccc1-2. The van der Waals surface area contributed by atoms with Crippen LogP contribution in [0.25, 0.3) is 11.1 Å². The van der Waals surface area contributed by atoms with Crippen LogP contribution in [-0.2, 0) is 0 Å². The van der Waals surface area contributed by atoms with Crippen LogP contribution >= 0.6 is 0 Å². The van der Waals surface area contributed by atoms with Gasteiger partial charge < -0.3 is 10.4 Å². The number of aliphatic hydroxyl groups is 1. The van der Waals surface area contributed by atoms with Crippen molar-refractivity contribution in [1.82, 2.24) is 5.32 Å². The monoisotopic (exact) mass is 321 g/mol. The average molecular weight is 321 g/mol. The lowest BCUT2D eigenvalue weighted by molar-refractivity contribution is 0.0917. The van der Waals surface area contributed by atoms with Gasteiger partial charge in [0.05, 0.1) is 6.10 Å². The van der Waals surface area contributed by atoms with Crippen LogP contribution < -0.4 is 5.32 Å². The van der Waals surface area contributed by atoms with E-state index in [1.165, 1.54) is 0 Å². The molecule has 2 aromatic rings. The molecule has 122 valence electrons. The van der Waals surface area contributed by atoms with Gasteiger partial charge in [-0.1, -0.05) is 36.8 Å². The number of fused-ring (bicyclic) bond motifs is 3. The predicted octanol–water partition coefficient (Wildman–Crippen LogP) is 2.79. The van der Waals surface area contributed by atoms with Crippen LogP contribution in [0.4, 0.5) is 0 Å². The third-order valence-corrected chi connectivity index (χ3v) is 5.13. The Morgan fingerprint density at radius 1 is 1.04 bits per heavy atom. The minimum absolute atomic E-state index is 0.0264. The van der Waals surface area contributed by atoms with Crippen molar-refractivity contribution >= 4 is 11.7 Å². The molecule has 4 rings (SSSR count). The van der Waals surface area contributed by atoms with Crippen LogP contribution in [0.2, 0.25) is 0 Å². The van der Waals surface area contributed by atoms with Gasteiger partial charge in [0.2, 0.25) is 0 Å². The lowest BCUT2D eigenvalue weighted by Gasteiger charge is -2.15. The van der Waals surface area contributed by atoms with Crippen molar-refractivity contribution in [3.05, 3.63) is 59.2 Å². The van der Waals surface area contributed by atoms with Crippen LogP contribution in [0.1, 0.15) is 45.5 Å². The number of hydrogen-bond donors (Lipinski definition) is 2. The molecule has 2 N–H and O–H groups in total. The molecule has 4 heteroatoms. The summed E-state index contributed by atoms with van der Waals surface area (Å²) in [5, 5.41) is 12.7. The molecule has 0 bridgehead atoms. The first-order valence-electron chi connectivity index (χ1n) is 8.39. The maximum absolute atomic E-state index is 12.5. The molecule has 2 unspecified atom stereocenters. The van der Waals surface area contributed by atoms with Gasteiger partial charge in [-0.25, -0.2) is 0 Å². The zero-order valence-corrected chi connectivity index (χ0v) is 13.3. The van der Waals surface area contributed by atoms with Gasteiger partial charge in [-0.2, -0.15) is 0 Å². The van der Waals surface area contributed by atoms with Gasteiger partial charge >= 0.3 is 0 Å². The molecule has 0 aromatic heterocycles. The van der Waals surface area contributed by atoms with Crippen molar-refractivity contribution in [3.63, 3.8) is 0 Å². The molecule has 1 amide bonds. The van der Waals surface area contributed by atoms with Crippen molar-refractivity contribution in [2.75, 3.05) is 6.54 Å².